The highest BCUT2D eigenvalue weighted by atomic mass is 16.5. The van der Waals surface area contributed by atoms with Crippen molar-refractivity contribution in [2.75, 3.05) is 31.8 Å². The van der Waals surface area contributed by atoms with Crippen LogP contribution in [0.25, 0.3) is 0 Å². The maximum absolute atomic E-state index is 12.5. The Morgan fingerprint density at radius 1 is 1.16 bits per heavy atom. The fraction of sp³-hybridized carbons (Fsp3) is 0.263. The molecule has 0 spiro atoms. The molecule has 0 saturated carbocycles. The number of amides is 1. The van der Waals surface area contributed by atoms with Gasteiger partial charge in [-0.05, 0) is 48.9 Å². The molecule has 130 valence electrons. The van der Waals surface area contributed by atoms with Crippen LogP contribution >= 0.6 is 0 Å². The molecule has 6 heteroatoms. The second-order valence-corrected chi connectivity index (χ2v) is 5.67. The average molecular weight is 341 g/mol. The number of carbonyl (C=O) groups excluding carboxylic acids is 2. The van der Waals surface area contributed by atoms with Crippen molar-refractivity contribution in [1.29, 1.82) is 0 Å². The van der Waals surface area contributed by atoms with Crippen LogP contribution in [0.3, 0.4) is 0 Å². The van der Waals surface area contributed by atoms with E-state index in [1.807, 2.05) is 25.1 Å². The van der Waals surface area contributed by atoms with Crippen molar-refractivity contribution in [2.24, 2.45) is 0 Å². The third-order valence-corrected chi connectivity index (χ3v) is 3.93. The molecule has 1 amide bonds. The van der Waals surface area contributed by atoms with Gasteiger partial charge in [0, 0.05) is 0 Å². The molecule has 6 nitrogen and oxygen atoms in total. The van der Waals surface area contributed by atoms with Gasteiger partial charge in [0.15, 0.2) is 6.61 Å². The molecule has 0 fully saturated rings. The van der Waals surface area contributed by atoms with E-state index in [1.165, 1.54) is 0 Å². The molecular formula is C19H19NO5. The zero-order valence-corrected chi connectivity index (χ0v) is 14.2. The molecule has 0 atom stereocenters. The minimum atomic E-state index is -0.547. The summed E-state index contributed by atoms with van der Waals surface area (Å²) in [5.74, 6) is 0.477. The van der Waals surface area contributed by atoms with Gasteiger partial charge in [-0.3, -0.25) is 4.79 Å². The summed E-state index contributed by atoms with van der Waals surface area (Å²) in [6.07, 6.45) is 0. The van der Waals surface area contributed by atoms with E-state index in [0.29, 0.717) is 35.9 Å². The van der Waals surface area contributed by atoms with Gasteiger partial charge < -0.3 is 19.1 Å². The number of carbonyl (C=O) groups is 2. The molecule has 1 aliphatic rings. The summed E-state index contributed by atoms with van der Waals surface area (Å²) in [5, 5.41) is 0. The monoisotopic (exact) mass is 341 g/mol. The molecule has 1 heterocycles. The van der Waals surface area contributed by atoms with Crippen LogP contribution in [0.15, 0.2) is 42.5 Å². The molecule has 1 aliphatic heterocycles. The van der Waals surface area contributed by atoms with Crippen molar-refractivity contribution in [1.82, 2.24) is 0 Å². The van der Waals surface area contributed by atoms with E-state index in [1.54, 1.807) is 36.3 Å². The molecule has 2 aromatic carbocycles. The summed E-state index contributed by atoms with van der Waals surface area (Å²) >= 11 is 0. The van der Waals surface area contributed by atoms with Gasteiger partial charge in [0.1, 0.15) is 18.1 Å². The first kappa shape index (κ1) is 16.8. The third-order valence-electron chi connectivity index (χ3n) is 3.93. The zero-order chi connectivity index (χ0) is 17.8. The highest BCUT2D eigenvalue weighted by Crippen LogP contribution is 2.32. The number of hydrogen-bond donors (Lipinski definition) is 0. The molecule has 3 rings (SSSR count). The number of benzene rings is 2. The van der Waals surface area contributed by atoms with Crippen molar-refractivity contribution in [3.63, 3.8) is 0 Å². The van der Waals surface area contributed by atoms with Crippen LogP contribution < -0.4 is 14.4 Å². The van der Waals surface area contributed by atoms with Crippen LogP contribution in [0.5, 0.6) is 11.5 Å². The molecule has 2 aromatic rings. The summed E-state index contributed by atoms with van der Waals surface area (Å²) in [7, 11) is 1.55. The Bertz CT molecular complexity index is 785. The second kappa shape index (κ2) is 7.25. The lowest BCUT2D eigenvalue weighted by atomic mass is 10.1. The van der Waals surface area contributed by atoms with Crippen molar-refractivity contribution in [3.05, 3.63) is 53.6 Å². The van der Waals surface area contributed by atoms with Crippen LogP contribution in [-0.2, 0) is 9.53 Å². The summed E-state index contributed by atoms with van der Waals surface area (Å²) in [6, 6.07) is 12.2. The van der Waals surface area contributed by atoms with Gasteiger partial charge >= 0.3 is 5.97 Å². The quantitative estimate of drug-likeness (QED) is 0.800. The fourth-order valence-electron chi connectivity index (χ4n) is 2.60. The highest BCUT2D eigenvalue weighted by molar-refractivity contribution is 5.98. The minimum Gasteiger partial charge on any atom is -0.497 e. The smallest absolute Gasteiger partial charge is 0.338 e. The van der Waals surface area contributed by atoms with Crippen molar-refractivity contribution in [2.45, 2.75) is 6.92 Å². The number of anilines is 1. The van der Waals surface area contributed by atoms with E-state index < -0.39 is 5.97 Å². The van der Waals surface area contributed by atoms with Crippen LogP contribution in [0.2, 0.25) is 0 Å². The summed E-state index contributed by atoms with van der Waals surface area (Å²) < 4.78 is 15.8. The number of methoxy groups -OCH3 is 1. The van der Waals surface area contributed by atoms with Gasteiger partial charge in [0.25, 0.3) is 5.91 Å². The van der Waals surface area contributed by atoms with E-state index in [4.69, 9.17) is 14.2 Å². The first-order valence-corrected chi connectivity index (χ1v) is 7.93. The maximum Gasteiger partial charge on any atom is 0.338 e. The molecule has 0 N–H and O–H groups in total. The van der Waals surface area contributed by atoms with Crippen LogP contribution in [0.1, 0.15) is 15.9 Å². The fourth-order valence-corrected chi connectivity index (χ4v) is 2.60. The number of nitrogens with zero attached hydrogens (tertiary/aromatic N) is 1. The lowest BCUT2D eigenvalue weighted by molar-refractivity contribution is -0.121. The number of aryl methyl sites for hydroxylation is 1. The highest BCUT2D eigenvalue weighted by Gasteiger charge is 2.24. The van der Waals surface area contributed by atoms with Gasteiger partial charge in [-0.2, -0.15) is 0 Å². The molecule has 25 heavy (non-hydrogen) atoms. The third kappa shape index (κ3) is 3.74. The van der Waals surface area contributed by atoms with Crippen LogP contribution in [0.4, 0.5) is 5.69 Å². The Hall–Kier alpha value is -3.02. The Labute approximate surface area is 145 Å². The van der Waals surface area contributed by atoms with E-state index in [-0.39, 0.29) is 12.5 Å². The Balaban J connectivity index is 1.65. The van der Waals surface area contributed by atoms with E-state index in [0.717, 1.165) is 5.56 Å². The lowest BCUT2D eigenvalue weighted by Crippen LogP contribution is -2.40. The van der Waals surface area contributed by atoms with Gasteiger partial charge in [-0.15, -0.1) is 0 Å². The number of esters is 1. The van der Waals surface area contributed by atoms with E-state index >= 15 is 0 Å². The number of fused-ring (bicyclic) bond motifs is 1. The molecule has 0 aromatic heterocycles. The summed E-state index contributed by atoms with van der Waals surface area (Å²) in [6.45, 7) is 2.46. The second-order valence-electron chi connectivity index (χ2n) is 5.67. The molecule has 0 unspecified atom stereocenters. The topological polar surface area (TPSA) is 65.1 Å². The van der Waals surface area contributed by atoms with Crippen molar-refractivity contribution in [3.8, 4) is 11.5 Å². The number of ether oxygens (including phenoxy) is 3. The largest absolute Gasteiger partial charge is 0.497 e. The Kier molecular flexibility index (Phi) is 4.88. The predicted molar refractivity (Wildman–Crippen MR) is 92.3 cm³/mol. The molecule has 0 radical (unpaired) electrons. The number of hydrogen-bond acceptors (Lipinski definition) is 5. The Morgan fingerprint density at radius 3 is 2.64 bits per heavy atom. The predicted octanol–water partition coefficient (Wildman–Crippen LogP) is 2.59. The maximum atomic E-state index is 12.5. The standard InChI is InChI=1S/C19H19NO5/c1-13-3-8-17-16(11-13)20(9-10-24-17)18(21)12-25-19(22)14-4-6-15(23-2)7-5-14/h3-8,11H,9-10,12H2,1-2H3. The number of rotatable bonds is 4. The van der Waals surface area contributed by atoms with Gasteiger partial charge in [0.2, 0.25) is 0 Å². The summed E-state index contributed by atoms with van der Waals surface area (Å²) in [5.41, 5.74) is 2.10. The van der Waals surface area contributed by atoms with Crippen LogP contribution in [-0.4, -0.2) is 38.7 Å². The van der Waals surface area contributed by atoms with Crippen LogP contribution in [0, 0.1) is 6.92 Å². The molecule has 0 saturated heterocycles. The molecular weight excluding hydrogens is 322 g/mol. The van der Waals surface area contributed by atoms with Crippen molar-refractivity contribution >= 4 is 17.6 Å². The molecule has 0 bridgehead atoms. The summed E-state index contributed by atoms with van der Waals surface area (Å²) in [4.78, 5) is 26.1. The first-order chi connectivity index (χ1) is 12.1. The first-order valence-electron chi connectivity index (χ1n) is 7.93. The SMILES string of the molecule is COc1ccc(C(=O)OCC(=O)N2CCOc3ccc(C)cc32)cc1. The van der Waals surface area contributed by atoms with E-state index in [2.05, 4.69) is 0 Å². The van der Waals surface area contributed by atoms with Gasteiger partial charge in [-0.25, -0.2) is 4.79 Å². The zero-order valence-electron chi connectivity index (χ0n) is 14.2. The van der Waals surface area contributed by atoms with Gasteiger partial charge in [0.05, 0.1) is 24.9 Å². The average Bonchev–Trinajstić information content (AvgIpc) is 2.65. The van der Waals surface area contributed by atoms with Gasteiger partial charge in [-0.1, -0.05) is 6.07 Å². The normalized spacial score (nSPS) is 12.8. The van der Waals surface area contributed by atoms with Crippen molar-refractivity contribution < 1.29 is 23.8 Å². The lowest BCUT2D eigenvalue weighted by Gasteiger charge is -2.29. The van der Waals surface area contributed by atoms with E-state index in [9.17, 15) is 9.59 Å². The molecule has 0 aliphatic carbocycles. The minimum absolute atomic E-state index is 0.281. The Morgan fingerprint density at radius 2 is 1.92 bits per heavy atom.